The van der Waals surface area contributed by atoms with Crippen molar-refractivity contribution in [1.29, 1.82) is 0 Å². The Bertz CT molecular complexity index is 1390. The maximum Gasteiger partial charge on any atom is 0.409 e. The highest BCUT2D eigenvalue weighted by atomic mass is 16.6. The van der Waals surface area contributed by atoms with Crippen LogP contribution in [0.5, 0.6) is 0 Å². The molecule has 11 nitrogen and oxygen atoms in total. The minimum absolute atomic E-state index is 0.0437. The lowest BCUT2D eigenvalue weighted by molar-refractivity contribution is -0.146. The molecule has 2 saturated heterocycles. The third-order valence-electron chi connectivity index (χ3n) is 8.46. The number of benzene rings is 2. The van der Waals surface area contributed by atoms with E-state index in [2.05, 4.69) is 12.1 Å². The van der Waals surface area contributed by atoms with Crippen LogP contribution >= 0.6 is 0 Å². The Morgan fingerprint density at radius 3 is 2.10 bits per heavy atom. The Morgan fingerprint density at radius 1 is 0.881 bits per heavy atom. The van der Waals surface area contributed by atoms with Crippen molar-refractivity contribution < 1.29 is 38.9 Å². The smallest absolute Gasteiger partial charge is 0.409 e. The molecule has 3 atom stereocenters. The number of likely N-dealkylation sites (tertiary alicyclic amines) is 2. The van der Waals surface area contributed by atoms with E-state index < -0.39 is 47.4 Å². The molecule has 0 bridgehead atoms. The van der Waals surface area contributed by atoms with Crippen molar-refractivity contribution in [3.8, 4) is 11.1 Å². The first-order chi connectivity index (χ1) is 20.2. The van der Waals surface area contributed by atoms with Gasteiger partial charge in [0.2, 0.25) is 11.8 Å². The normalized spacial score (nSPS) is 21.6. The van der Waals surface area contributed by atoms with Crippen LogP contribution in [0.3, 0.4) is 0 Å². The second-order valence-electron chi connectivity index (χ2n) is 11.0. The van der Waals surface area contributed by atoms with Crippen LogP contribution < -0.4 is 5.73 Å². The van der Waals surface area contributed by atoms with Crippen LogP contribution in [0.15, 0.2) is 60.2 Å². The molecule has 220 valence electrons. The molecule has 2 aromatic carbocycles. The van der Waals surface area contributed by atoms with E-state index in [4.69, 9.17) is 10.5 Å². The zero-order valence-corrected chi connectivity index (χ0v) is 23.0. The van der Waals surface area contributed by atoms with Crippen LogP contribution in [0.4, 0.5) is 4.79 Å². The second-order valence-corrected chi connectivity index (χ2v) is 11.0. The van der Waals surface area contributed by atoms with E-state index in [-0.39, 0.29) is 37.9 Å². The molecular formula is C31H33N3O8. The fourth-order valence-corrected chi connectivity index (χ4v) is 6.41. The summed E-state index contributed by atoms with van der Waals surface area (Å²) < 4.78 is 5.79. The van der Waals surface area contributed by atoms with Crippen LogP contribution in [0.1, 0.15) is 42.7 Å². The lowest BCUT2D eigenvalue weighted by Gasteiger charge is -2.41. The summed E-state index contributed by atoms with van der Waals surface area (Å²) in [4.78, 5) is 64.6. The predicted molar refractivity (Wildman–Crippen MR) is 150 cm³/mol. The number of hydrogen-bond acceptors (Lipinski definition) is 6. The van der Waals surface area contributed by atoms with E-state index in [0.29, 0.717) is 25.8 Å². The predicted octanol–water partition coefficient (Wildman–Crippen LogP) is 2.84. The molecule has 0 saturated carbocycles. The molecule has 1 aliphatic carbocycles. The lowest BCUT2D eigenvalue weighted by atomic mass is 9.88. The van der Waals surface area contributed by atoms with Crippen molar-refractivity contribution in [2.75, 3.05) is 26.2 Å². The van der Waals surface area contributed by atoms with Gasteiger partial charge in [-0.1, -0.05) is 54.6 Å². The fourth-order valence-electron chi connectivity index (χ4n) is 6.41. The molecule has 4 N–H and O–H groups in total. The minimum atomic E-state index is -1.58. The highest BCUT2D eigenvalue weighted by Gasteiger charge is 2.40. The summed E-state index contributed by atoms with van der Waals surface area (Å²) in [7, 11) is 0. The van der Waals surface area contributed by atoms with Crippen LogP contribution in [0.2, 0.25) is 0 Å². The molecule has 0 spiro atoms. The molecule has 11 heteroatoms. The van der Waals surface area contributed by atoms with E-state index in [9.17, 15) is 34.2 Å². The molecule has 42 heavy (non-hydrogen) atoms. The Hall–Kier alpha value is -4.67. The van der Waals surface area contributed by atoms with Crippen molar-refractivity contribution in [3.63, 3.8) is 0 Å². The number of rotatable bonds is 7. The van der Waals surface area contributed by atoms with Crippen LogP contribution in [-0.2, 0) is 23.9 Å². The lowest BCUT2D eigenvalue weighted by Crippen LogP contribution is -2.56. The number of carboxylic acids is 2. The summed E-state index contributed by atoms with van der Waals surface area (Å²) >= 11 is 0. The molecule has 0 aromatic heterocycles. The van der Waals surface area contributed by atoms with Gasteiger partial charge in [0.1, 0.15) is 18.2 Å². The summed E-state index contributed by atoms with van der Waals surface area (Å²) in [6.45, 7) is 0.637. The van der Waals surface area contributed by atoms with E-state index in [0.717, 1.165) is 28.3 Å². The van der Waals surface area contributed by atoms with Crippen LogP contribution in [0, 0.1) is 11.8 Å². The number of piperidine rings is 2. The number of aliphatic carboxylic acids is 2. The number of primary amides is 1. The molecule has 0 radical (unpaired) electrons. The first kappa shape index (κ1) is 28.8. The number of nitrogens with zero attached hydrogens (tertiary/aromatic N) is 2. The highest BCUT2D eigenvalue weighted by Crippen LogP contribution is 2.44. The molecule has 3 amide bonds. The largest absolute Gasteiger partial charge is 0.477 e. The summed E-state index contributed by atoms with van der Waals surface area (Å²) in [6.07, 6.45) is 2.13. The number of carbonyl (C=O) groups excluding carboxylic acids is 3. The Morgan fingerprint density at radius 2 is 1.50 bits per heavy atom. The van der Waals surface area contributed by atoms with Gasteiger partial charge < -0.3 is 30.5 Å². The molecule has 2 aromatic rings. The van der Waals surface area contributed by atoms with E-state index in [1.807, 2.05) is 36.4 Å². The van der Waals surface area contributed by atoms with Crippen molar-refractivity contribution in [2.24, 2.45) is 17.6 Å². The quantitative estimate of drug-likeness (QED) is 0.257. The molecule has 5 rings (SSSR count). The molecule has 2 fully saturated rings. The standard InChI is InChI=1S/C31H33N3O8/c32-27(35)26-12-11-18(14-24(29(37)38)30(39)40)15-34(26)28(36)19-6-5-13-33(16-19)31(41)42-17-25-22-9-3-1-7-20(22)21-8-2-4-10-23(21)25/h1-4,7-10,14,18-19,25-26H,5-6,11-13,15-17H2,(H2,32,35)(H,37,38)(H,39,40). The molecule has 3 aliphatic rings. The monoisotopic (exact) mass is 575 g/mol. The maximum absolute atomic E-state index is 13.7. The van der Waals surface area contributed by atoms with E-state index >= 15 is 0 Å². The van der Waals surface area contributed by atoms with Crippen molar-refractivity contribution in [2.45, 2.75) is 37.6 Å². The van der Waals surface area contributed by atoms with Gasteiger partial charge >= 0.3 is 18.0 Å². The van der Waals surface area contributed by atoms with Gasteiger partial charge in [0.05, 0.1) is 5.92 Å². The topological polar surface area (TPSA) is 168 Å². The third-order valence-corrected chi connectivity index (χ3v) is 8.46. The van der Waals surface area contributed by atoms with Crippen molar-refractivity contribution >= 4 is 29.8 Å². The average Bonchev–Trinajstić information content (AvgIpc) is 3.31. The number of fused-ring (bicyclic) bond motifs is 3. The molecule has 2 heterocycles. The first-order valence-electron chi connectivity index (χ1n) is 14.0. The average molecular weight is 576 g/mol. The van der Waals surface area contributed by atoms with Crippen LogP contribution in [0.25, 0.3) is 11.1 Å². The summed E-state index contributed by atoms with van der Waals surface area (Å²) in [5, 5.41) is 18.5. The summed E-state index contributed by atoms with van der Waals surface area (Å²) in [5.74, 6) is -5.51. The number of carboxylic acid groups (broad SMARTS) is 2. The SMILES string of the molecule is NC(=O)C1CCC(C=C(C(=O)O)C(=O)O)CN1C(=O)C1CCCN(C(=O)OCC2c3ccccc3-c3ccccc32)C1. The first-order valence-corrected chi connectivity index (χ1v) is 14.0. The van der Waals surface area contributed by atoms with Gasteiger partial charge in [-0.05, 0) is 53.9 Å². The van der Waals surface area contributed by atoms with Gasteiger partial charge in [-0.2, -0.15) is 0 Å². The van der Waals surface area contributed by atoms with Crippen molar-refractivity contribution in [1.82, 2.24) is 9.80 Å². The Kier molecular flexibility index (Phi) is 8.28. The minimum Gasteiger partial charge on any atom is -0.477 e. The zero-order valence-electron chi connectivity index (χ0n) is 23.0. The Balaban J connectivity index is 1.26. The van der Waals surface area contributed by atoms with Gasteiger partial charge in [0.25, 0.3) is 0 Å². The summed E-state index contributed by atoms with van der Waals surface area (Å²) in [5.41, 5.74) is 9.23. The van der Waals surface area contributed by atoms with Gasteiger partial charge in [0, 0.05) is 25.6 Å². The van der Waals surface area contributed by atoms with Gasteiger partial charge in [-0.25, -0.2) is 14.4 Å². The van der Waals surface area contributed by atoms with Crippen molar-refractivity contribution in [3.05, 3.63) is 71.3 Å². The number of nitrogens with two attached hydrogens (primary N) is 1. The number of ether oxygens (including phenoxy) is 1. The molecule has 2 aliphatic heterocycles. The Labute approximate surface area is 242 Å². The van der Waals surface area contributed by atoms with Crippen LogP contribution in [-0.4, -0.2) is 82.1 Å². The maximum atomic E-state index is 13.7. The summed E-state index contributed by atoms with van der Waals surface area (Å²) in [6, 6.07) is 15.2. The van der Waals surface area contributed by atoms with E-state index in [1.165, 1.54) is 9.80 Å². The second kappa shape index (κ2) is 12.1. The third kappa shape index (κ3) is 5.72. The number of carbonyl (C=O) groups is 5. The van der Waals surface area contributed by atoms with Gasteiger partial charge in [-0.3, -0.25) is 9.59 Å². The molecule has 3 unspecified atom stereocenters. The molecular weight excluding hydrogens is 542 g/mol. The number of hydrogen-bond donors (Lipinski definition) is 3. The number of amides is 3. The zero-order chi connectivity index (χ0) is 30.0. The highest BCUT2D eigenvalue weighted by molar-refractivity contribution is 6.12. The fraction of sp³-hybridized carbons (Fsp3) is 0.387. The van der Waals surface area contributed by atoms with Gasteiger partial charge in [-0.15, -0.1) is 0 Å². The van der Waals surface area contributed by atoms with E-state index in [1.54, 1.807) is 0 Å². The van der Waals surface area contributed by atoms with Gasteiger partial charge in [0.15, 0.2) is 0 Å².